The Hall–Kier alpha value is -3.21. The SMILES string of the molecule is O=C(CN1N=N[C@H]2C(=O)N(c3ccc(Br)cc3)C(=O)[C@H]21)Nc1ccc(F)cc1F. The molecule has 0 bridgehead atoms. The van der Waals surface area contributed by atoms with Crippen molar-refractivity contribution in [2.45, 2.75) is 12.1 Å². The van der Waals surface area contributed by atoms with Gasteiger partial charge < -0.3 is 5.32 Å². The lowest BCUT2D eigenvalue weighted by Gasteiger charge is -2.20. The van der Waals surface area contributed by atoms with Gasteiger partial charge in [-0.05, 0) is 36.4 Å². The summed E-state index contributed by atoms with van der Waals surface area (Å²) in [6, 6.07) is 7.18. The van der Waals surface area contributed by atoms with Crippen LogP contribution in [0.3, 0.4) is 0 Å². The van der Waals surface area contributed by atoms with E-state index >= 15 is 0 Å². The second-order valence-electron chi connectivity index (χ2n) is 6.35. The Morgan fingerprint density at radius 2 is 1.83 bits per heavy atom. The first-order chi connectivity index (χ1) is 13.8. The van der Waals surface area contributed by atoms with Crippen LogP contribution in [-0.4, -0.2) is 41.4 Å². The molecule has 1 saturated heterocycles. The molecule has 0 spiro atoms. The molecule has 0 radical (unpaired) electrons. The van der Waals surface area contributed by atoms with Gasteiger partial charge in [-0.3, -0.25) is 19.4 Å². The maximum atomic E-state index is 13.7. The van der Waals surface area contributed by atoms with Gasteiger partial charge in [-0.15, -0.1) is 0 Å². The zero-order valence-corrected chi connectivity index (χ0v) is 16.1. The molecule has 2 aromatic rings. The number of carbonyl (C=O) groups is 3. The van der Waals surface area contributed by atoms with E-state index in [1.54, 1.807) is 24.3 Å². The zero-order valence-electron chi connectivity index (χ0n) is 14.6. The van der Waals surface area contributed by atoms with E-state index in [1.165, 1.54) is 0 Å². The number of nitrogens with one attached hydrogen (secondary N) is 1. The van der Waals surface area contributed by atoms with E-state index in [0.29, 0.717) is 11.8 Å². The fourth-order valence-corrected chi connectivity index (χ4v) is 3.39. The number of hydrogen-bond donors (Lipinski definition) is 1. The van der Waals surface area contributed by atoms with Crippen molar-refractivity contribution in [2.24, 2.45) is 10.3 Å². The van der Waals surface area contributed by atoms with Gasteiger partial charge in [0.1, 0.15) is 18.2 Å². The van der Waals surface area contributed by atoms with Gasteiger partial charge in [0.25, 0.3) is 11.8 Å². The second-order valence-corrected chi connectivity index (χ2v) is 7.27. The lowest BCUT2D eigenvalue weighted by molar-refractivity contribution is -0.123. The number of nitrogens with zero attached hydrogens (tertiary/aromatic N) is 4. The van der Waals surface area contributed by atoms with Crippen molar-refractivity contribution in [3.8, 4) is 0 Å². The van der Waals surface area contributed by atoms with Crippen LogP contribution in [0.4, 0.5) is 20.2 Å². The zero-order chi connectivity index (χ0) is 20.7. The van der Waals surface area contributed by atoms with Crippen LogP contribution in [0.25, 0.3) is 0 Å². The molecule has 0 unspecified atom stereocenters. The van der Waals surface area contributed by atoms with E-state index in [-0.39, 0.29) is 5.69 Å². The fourth-order valence-electron chi connectivity index (χ4n) is 3.13. The summed E-state index contributed by atoms with van der Waals surface area (Å²) in [5.41, 5.74) is 0.167. The molecule has 2 aromatic carbocycles. The van der Waals surface area contributed by atoms with Gasteiger partial charge in [-0.25, -0.2) is 13.7 Å². The summed E-state index contributed by atoms with van der Waals surface area (Å²) in [5, 5.41) is 10.9. The predicted molar refractivity (Wildman–Crippen MR) is 101 cm³/mol. The Kier molecular flexibility index (Phi) is 4.82. The lowest BCUT2D eigenvalue weighted by atomic mass is 10.1. The smallest absolute Gasteiger partial charge is 0.263 e. The fraction of sp³-hybridized carbons (Fsp3) is 0.167. The van der Waals surface area contributed by atoms with Gasteiger partial charge in [-0.2, -0.15) is 5.11 Å². The molecule has 0 saturated carbocycles. The van der Waals surface area contributed by atoms with Crippen molar-refractivity contribution >= 4 is 45.0 Å². The second kappa shape index (κ2) is 7.32. The number of carbonyl (C=O) groups excluding carboxylic acids is 3. The molecule has 4 rings (SSSR count). The minimum Gasteiger partial charge on any atom is -0.322 e. The van der Waals surface area contributed by atoms with Gasteiger partial charge >= 0.3 is 0 Å². The van der Waals surface area contributed by atoms with E-state index in [1.807, 2.05) is 0 Å². The van der Waals surface area contributed by atoms with Gasteiger partial charge in [0.05, 0.1) is 11.4 Å². The molecule has 1 fully saturated rings. The third kappa shape index (κ3) is 3.48. The molecule has 0 aromatic heterocycles. The topological polar surface area (TPSA) is 94.4 Å². The molecular weight excluding hydrogens is 452 g/mol. The summed E-state index contributed by atoms with van der Waals surface area (Å²) < 4.78 is 27.5. The molecule has 8 nitrogen and oxygen atoms in total. The van der Waals surface area contributed by atoms with E-state index in [4.69, 9.17) is 0 Å². The van der Waals surface area contributed by atoms with Crippen molar-refractivity contribution in [1.82, 2.24) is 5.01 Å². The molecule has 3 amide bonds. The standard InChI is InChI=1S/C18H12BrF2N5O3/c19-9-1-4-11(5-2-9)26-17(28)15-16(18(26)29)25(24-23-15)8-14(27)22-13-6-3-10(20)7-12(13)21/h1-7,15-16H,8H2,(H,22,27)/t15-,16+/m1/s1. The highest BCUT2D eigenvalue weighted by atomic mass is 79.9. The summed E-state index contributed by atoms with van der Waals surface area (Å²) in [7, 11) is 0. The molecule has 2 aliphatic rings. The van der Waals surface area contributed by atoms with Crippen molar-refractivity contribution in [1.29, 1.82) is 0 Å². The Morgan fingerprint density at radius 3 is 2.52 bits per heavy atom. The highest BCUT2D eigenvalue weighted by Crippen LogP contribution is 2.32. The maximum absolute atomic E-state index is 13.7. The van der Waals surface area contributed by atoms with Crippen LogP contribution in [0.15, 0.2) is 57.3 Å². The first-order valence-electron chi connectivity index (χ1n) is 8.41. The van der Waals surface area contributed by atoms with Crippen LogP contribution in [-0.2, 0) is 14.4 Å². The van der Waals surface area contributed by atoms with Crippen LogP contribution < -0.4 is 10.2 Å². The van der Waals surface area contributed by atoms with Gasteiger partial charge in [-0.1, -0.05) is 21.2 Å². The average molecular weight is 464 g/mol. The Bertz CT molecular complexity index is 1050. The Labute approximate surface area is 171 Å². The molecule has 1 N–H and O–H groups in total. The minimum absolute atomic E-state index is 0.214. The van der Waals surface area contributed by atoms with E-state index in [9.17, 15) is 23.2 Å². The molecule has 11 heteroatoms. The monoisotopic (exact) mass is 463 g/mol. The highest BCUT2D eigenvalue weighted by molar-refractivity contribution is 9.10. The normalized spacial score (nSPS) is 20.4. The first-order valence-corrected chi connectivity index (χ1v) is 9.20. The van der Waals surface area contributed by atoms with E-state index in [2.05, 4.69) is 31.6 Å². The van der Waals surface area contributed by atoms with Gasteiger partial charge in [0.2, 0.25) is 5.91 Å². The summed E-state index contributed by atoms with van der Waals surface area (Å²) in [6.07, 6.45) is 0. The van der Waals surface area contributed by atoms with Crippen LogP contribution in [0, 0.1) is 11.6 Å². The predicted octanol–water partition coefficient (Wildman–Crippen LogP) is 2.66. The Morgan fingerprint density at radius 1 is 1.10 bits per heavy atom. The number of benzene rings is 2. The number of rotatable bonds is 4. The van der Waals surface area contributed by atoms with Crippen molar-refractivity contribution in [3.63, 3.8) is 0 Å². The molecule has 148 valence electrons. The quantitative estimate of drug-likeness (QED) is 0.705. The summed E-state index contributed by atoms with van der Waals surface area (Å²) in [6.45, 7) is -0.436. The molecule has 2 heterocycles. The van der Waals surface area contributed by atoms with Crippen LogP contribution in [0.1, 0.15) is 0 Å². The minimum atomic E-state index is -1.06. The summed E-state index contributed by atoms with van der Waals surface area (Å²) in [4.78, 5) is 38.7. The van der Waals surface area contributed by atoms with Crippen molar-refractivity contribution in [3.05, 3.63) is 58.6 Å². The summed E-state index contributed by atoms with van der Waals surface area (Å²) >= 11 is 3.28. The van der Waals surface area contributed by atoms with E-state index in [0.717, 1.165) is 26.5 Å². The first kappa shape index (κ1) is 19.1. The average Bonchev–Trinajstić information content (AvgIpc) is 3.19. The Balaban J connectivity index is 1.49. The molecular formula is C18H12BrF2N5O3. The van der Waals surface area contributed by atoms with Crippen LogP contribution in [0.5, 0.6) is 0 Å². The number of hydrogen-bond acceptors (Lipinski definition) is 6. The van der Waals surface area contributed by atoms with Crippen molar-refractivity contribution in [2.75, 3.05) is 16.8 Å². The summed E-state index contributed by atoms with van der Waals surface area (Å²) in [5.74, 6) is -3.52. The van der Waals surface area contributed by atoms with E-state index < -0.39 is 48.0 Å². The number of fused-ring (bicyclic) bond motifs is 1. The highest BCUT2D eigenvalue weighted by Gasteiger charge is 2.55. The number of anilines is 2. The third-order valence-electron chi connectivity index (χ3n) is 4.45. The third-order valence-corrected chi connectivity index (χ3v) is 4.98. The number of halogens is 3. The number of imide groups is 1. The molecule has 2 atom stereocenters. The van der Waals surface area contributed by atoms with Gasteiger partial charge in [0.15, 0.2) is 12.1 Å². The lowest BCUT2D eigenvalue weighted by Crippen LogP contribution is -2.43. The van der Waals surface area contributed by atoms with Crippen LogP contribution in [0.2, 0.25) is 0 Å². The van der Waals surface area contributed by atoms with Gasteiger partial charge in [0, 0.05) is 10.5 Å². The largest absolute Gasteiger partial charge is 0.322 e. The van der Waals surface area contributed by atoms with Crippen molar-refractivity contribution < 1.29 is 23.2 Å². The molecule has 0 aliphatic carbocycles. The van der Waals surface area contributed by atoms with Crippen LogP contribution >= 0.6 is 15.9 Å². The number of amides is 3. The molecule has 2 aliphatic heterocycles. The maximum Gasteiger partial charge on any atom is 0.263 e. The molecule has 29 heavy (non-hydrogen) atoms.